The lowest BCUT2D eigenvalue weighted by molar-refractivity contribution is -0.141. The van der Waals surface area contributed by atoms with Crippen LogP contribution in [0.15, 0.2) is 18.2 Å². The molecule has 1 aliphatic heterocycles. The molecule has 1 aliphatic carbocycles. The molecule has 6 heteroatoms. The Kier molecular flexibility index (Phi) is 4.76. The molecular formula is C18H23NO5. The number of fused-ring (bicyclic) bond motifs is 1. The number of aromatic carboxylic acids is 1. The van der Waals surface area contributed by atoms with Crippen LogP contribution in [0.25, 0.3) is 0 Å². The minimum absolute atomic E-state index is 0.0568. The number of carboxylic acids is 2. The van der Waals surface area contributed by atoms with Crippen molar-refractivity contribution < 1.29 is 24.5 Å². The van der Waals surface area contributed by atoms with Crippen LogP contribution in [0.2, 0.25) is 0 Å². The van der Waals surface area contributed by atoms with E-state index in [1.165, 1.54) is 0 Å². The summed E-state index contributed by atoms with van der Waals surface area (Å²) >= 11 is 0. The van der Waals surface area contributed by atoms with Crippen molar-refractivity contribution >= 4 is 11.9 Å². The van der Waals surface area contributed by atoms with E-state index in [2.05, 4.69) is 5.32 Å². The fourth-order valence-electron chi connectivity index (χ4n) is 3.90. The molecule has 6 nitrogen and oxygen atoms in total. The van der Waals surface area contributed by atoms with E-state index in [9.17, 15) is 19.8 Å². The Bertz CT molecular complexity index is 644. The number of ether oxygens (including phenoxy) is 1. The lowest BCUT2D eigenvalue weighted by atomic mass is 9.72. The smallest absolute Gasteiger partial charge is 0.339 e. The SMILES string of the molecule is Cc1ccc(C(=O)O)c(O[C@H]2CC[C@H]3CN[C@H](C(=O)O)C[C@H]3C2)c1. The molecule has 2 aliphatic rings. The van der Waals surface area contributed by atoms with E-state index in [0.717, 1.165) is 31.4 Å². The molecule has 1 saturated carbocycles. The van der Waals surface area contributed by atoms with E-state index in [0.29, 0.717) is 24.0 Å². The zero-order valence-corrected chi connectivity index (χ0v) is 13.7. The average Bonchev–Trinajstić information content (AvgIpc) is 2.54. The van der Waals surface area contributed by atoms with Crippen molar-refractivity contribution in [1.29, 1.82) is 0 Å². The summed E-state index contributed by atoms with van der Waals surface area (Å²) in [4.78, 5) is 22.6. The van der Waals surface area contributed by atoms with Crippen LogP contribution in [-0.2, 0) is 4.79 Å². The van der Waals surface area contributed by atoms with Gasteiger partial charge in [-0.2, -0.15) is 0 Å². The summed E-state index contributed by atoms with van der Waals surface area (Å²) in [6.07, 6.45) is 3.18. The van der Waals surface area contributed by atoms with E-state index < -0.39 is 18.0 Å². The van der Waals surface area contributed by atoms with Gasteiger partial charge in [-0.25, -0.2) is 4.79 Å². The molecule has 0 unspecified atom stereocenters. The van der Waals surface area contributed by atoms with Crippen LogP contribution in [0, 0.1) is 18.8 Å². The molecular weight excluding hydrogens is 310 g/mol. The van der Waals surface area contributed by atoms with Gasteiger partial charge in [-0.05, 0) is 68.7 Å². The molecule has 0 aromatic heterocycles. The second-order valence-electron chi connectivity index (χ2n) is 6.91. The van der Waals surface area contributed by atoms with E-state index in [1.54, 1.807) is 18.2 Å². The molecule has 24 heavy (non-hydrogen) atoms. The highest BCUT2D eigenvalue weighted by Gasteiger charge is 2.38. The zero-order valence-electron chi connectivity index (χ0n) is 13.7. The van der Waals surface area contributed by atoms with Gasteiger partial charge in [0.2, 0.25) is 0 Å². The van der Waals surface area contributed by atoms with E-state index >= 15 is 0 Å². The minimum Gasteiger partial charge on any atom is -0.490 e. The van der Waals surface area contributed by atoms with E-state index in [1.807, 2.05) is 6.92 Å². The molecule has 0 radical (unpaired) electrons. The zero-order chi connectivity index (χ0) is 17.3. The van der Waals surface area contributed by atoms with Gasteiger partial charge < -0.3 is 20.3 Å². The van der Waals surface area contributed by atoms with Crippen LogP contribution < -0.4 is 10.1 Å². The lowest BCUT2D eigenvalue weighted by Gasteiger charge is -2.41. The van der Waals surface area contributed by atoms with Gasteiger partial charge in [0.25, 0.3) is 0 Å². The molecule has 1 aromatic carbocycles. The van der Waals surface area contributed by atoms with Crippen LogP contribution >= 0.6 is 0 Å². The van der Waals surface area contributed by atoms with Gasteiger partial charge >= 0.3 is 11.9 Å². The first-order chi connectivity index (χ1) is 11.4. The standard InChI is InChI=1S/C18H23NO5/c1-10-2-5-14(17(20)21)16(6-10)24-13-4-3-11-9-19-15(18(22)23)8-12(11)7-13/h2,5-6,11-13,15,19H,3-4,7-9H2,1H3,(H,20,21)(H,22,23)/t11-,12+,13-,15-/m0/s1. The van der Waals surface area contributed by atoms with Crippen molar-refractivity contribution in [3.8, 4) is 5.75 Å². The summed E-state index contributed by atoms with van der Waals surface area (Å²) < 4.78 is 6.02. The first kappa shape index (κ1) is 16.8. The van der Waals surface area contributed by atoms with Crippen LogP contribution in [0.5, 0.6) is 5.75 Å². The predicted octanol–water partition coefficient (Wildman–Crippen LogP) is 2.30. The lowest BCUT2D eigenvalue weighted by Crippen LogP contribution is -2.50. The number of carboxylic acid groups (broad SMARTS) is 2. The number of rotatable bonds is 4. The molecule has 2 fully saturated rings. The van der Waals surface area contributed by atoms with Crippen LogP contribution in [-0.4, -0.2) is 40.8 Å². The Morgan fingerprint density at radius 3 is 2.67 bits per heavy atom. The maximum absolute atomic E-state index is 11.4. The van der Waals surface area contributed by atoms with Crippen molar-refractivity contribution in [1.82, 2.24) is 5.32 Å². The fourth-order valence-corrected chi connectivity index (χ4v) is 3.90. The average molecular weight is 333 g/mol. The second kappa shape index (κ2) is 6.81. The highest BCUT2D eigenvalue weighted by atomic mass is 16.5. The largest absolute Gasteiger partial charge is 0.490 e. The molecule has 4 atom stereocenters. The summed E-state index contributed by atoms with van der Waals surface area (Å²) in [6.45, 7) is 2.64. The highest BCUT2D eigenvalue weighted by molar-refractivity contribution is 5.91. The molecule has 130 valence electrons. The van der Waals surface area contributed by atoms with Crippen molar-refractivity contribution in [3.05, 3.63) is 29.3 Å². The Morgan fingerprint density at radius 2 is 1.96 bits per heavy atom. The van der Waals surface area contributed by atoms with Crippen molar-refractivity contribution in [3.63, 3.8) is 0 Å². The topological polar surface area (TPSA) is 95.9 Å². The molecule has 0 spiro atoms. The third-order valence-corrected chi connectivity index (χ3v) is 5.22. The molecule has 0 bridgehead atoms. The predicted molar refractivity (Wildman–Crippen MR) is 87.4 cm³/mol. The number of piperidine rings is 1. The Hall–Kier alpha value is -2.08. The molecule has 1 aromatic rings. The highest BCUT2D eigenvalue weighted by Crippen LogP contribution is 2.37. The van der Waals surface area contributed by atoms with Gasteiger partial charge in [-0.1, -0.05) is 6.07 Å². The summed E-state index contributed by atoms with van der Waals surface area (Å²) in [5, 5.41) is 21.6. The summed E-state index contributed by atoms with van der Waals surface area (Å²) in [6, 6.07) is 4.61. The number of aliphatic carboxylic acids is 1. The Labute approximate surface area is 140 Å². The first-order valence-electron chi connectivity index (χ1n) is 8.41. The van der Waals surface area contributed by atoms with Gasteiger partial charge in [0.15, 0.2) is 0 Å². The molecule has 3 rings (SSSR count). The molecule has 1 saturated heterocycles. The Balaban J connectivity index is 1.70. The number of carbonyl (C=O) groups is 2. The van der Waals surface area contributed by atoms with Crippen molar-refractivity contribution in [2.75, 3.05) is 6.54 Å². The maximum atomic E-state index is 11.4. The van der Waals surface area contributed by atoms with Crippen LogP contribution in [0.3, 0.4) is 0 Å². The van der Waals surface area contributed by atoms with Crippen LogP contribution in [0.4, 0.5) is 0 Å². The monoisotopic (exact) mass is 333 g/mol. The molecule has 3 N–H and O–H groups in total. The third kappa shape index (κ3) is 3.53. The first-order valence-corrected chi connectivity index (χ1v) is 8.41. The maximum Gasteiger partial charge on any atom is 0.339 e. The van der Waals surface area contributed by atoms with Crippen LogP contribution in [0.1, 0.15) is 41.6 Å². The van der Waals surface area contributed by atoms with Crippen molar-refractivity contribution in [2.24, 2.45) is 11.8 Å². The Morgan fingerprint density at radius 1 is 1.17 bits per heavy atom. The van der Waals surface area contributed by atoms with E-state index in [-0.39, 0.29) is 11.7 Å². The number of nitrogens with one attached hydrogen (secondary N) is 1. The van der Waals surface area contributed by atoms with Gasteiger partial charge in [-0.3, -0.25) is 4.79 Å². The normalized spacial score (nSPS) is 29.5. The van der Waals surface area contributed by atoms with Gasteiger partial charge in [0, 0.05) is 0 Å². The van der Waals surface area contributed by atoms with Crippen molar-refractivity contribution in [2.45, 2.75) is 44.8 Å². The molecule has 0 amide bonds. The number of benzene rings is 1. The number of hydrogen-bond donors (Lipinski definition) is 3. The summed E-state index contributed by atoms with van der Waals surface area (Å²) in [7, 11) is 0. The van der Waals surface area contributed by atoms with Gasteiger partial charge in [0.05, 0.1) is 6.10 Å². The minimum atomic E-state index is -0.994. The van der Waals surface area contributed by atoms with E-state index in [4.69, 9.17) is 4.74 Å². The summed E-state index contributed by atoms with van der Waals surface area (Å²) in [5.41, 5.74) is 1.13. The number of hydrogen-bond acceptors (Lipinski definition) is 4. The third-order valence-electron chi connectivity index (χ3n) is 5.22. The fraction of sp³-hybridized carbons (Fsp3) is 0.556. The second-order valence-corrected chi connectivity index (χ2v) is 6.91. The van der Waals surface area contributed by atoms with Gasteiger partial charge in [0.1, 0.15) is 17.4 Å². The van der Waals surface area contributed by atoms with Gasteiger partial charge in [-0.15, -0.1) is 0 Å². The quantitative estimate of drug-likeness (QED) is 0.782. The summed E-state index contributed by atoms with van der Waals surface area (Å²) in [5.74, 6) is -0.592. The molecule has 1 heterocycles. The number of aryl methyl sites for hydroxylation is 1.